The van der Waals surface area contributed by atoms with Crippen LogP contribution in [0.5, 0.6) is 0 Å². The van der Waals surface area contributed by atoms with E-state index in [2.05, 4.69) is 26.8 Å². The lowest BCUT2D eigenvalue weighted by Crippen LogP contribution is -2.60. The summed E-state index contributed by atoms with van der Waals surface area (Å²) in [4.78, 5) is 12.6. The maximum Gasteiger partial charge on any atom is 0.302 e. The fourth-order valence-electron chi connectivity index (χ4n) is 9.47. The van der Waals surface area contributed by atoms with Crippen LogP contribution in [-0.2, 0) is 18.7 Å². The summed E-state index contributed by atoms with van der Waals surface area (Å²) in [6.07, 6.45) is 12.6. The largest absolute Gasteiger partial charge is 0.461 e. The number of carbonyl (C=O) groups excluding carboxylic acids is 1. The number of rotatable bonds is 7. The molecule has 1 spiro atoms. The number of esters is 1. The van der Waals surface area contributed by atoms with Crippen molar-refractivity contribution in [1.82, 2.24) is 0 Å². The van der Waals surface area contributed by atoms with Crippen molar-refractivity contribution in [1.29, 1.82) is 0 Å². The third-order valence-electron chi connectivity index (χ3n) is 10.9. The first-order valence-electron chi connectivity index (χ1n) is 13.5. The van der Waals surface area contributed by atoms with Crippen LogP contribution >= 0.6 is 0 Å². The van der Waals surface area contributed by atoms with Gasteiger partial charge in [0.15, 0.2) is 8.32 Å². The molecule has 0 aliphatic heterocycles. The van der Waals surface area contributed by atoms with Gasteiger partial charge < -0.3 is 13.9 Å². The van der Waals surface area contributed by atoms with Gasteiger partial charge in [0.05, 0.1) is 12.2 Å². The van der Waals surface area contributed by atoms with Gasteiger partial charge in [-0.1, -0.05) is 38.8 Å². The molecular weight excluding hydrogens is 416 g/mol. The van der Waals surface area contributed by atoms with Crippen molar-refractivity contribution in [3.63, 3.8) is 0 Å². The lowest BCUT2D eigenvalue weighted by atomic mass is 9.60. The summed E-state index contributed by atoms with van der Waals surface area (Å²) in [5.41, 5.74) is 1.57. The topological polar surface area (TPSA) is 44.8 Å². The smallest absolute Gasteiger partial charge is 0.302 e. The van der Waals surface area contributed by atoms with E-state index >= 15 is 0 Å². The molecule has 4 fully saturated rings. The molecule has 0 aromatic rings. The number of methoxy groups -OCH3 is 1. The molecule has 0 unspecified atom stereocenters. The van der Waals surface area contributed by atoms with E-state index in [1.165, 1.54) is 50.2 Å². The molecule has 180 valence electrons. The van der Waals surface area contributed by atoms with Gasteiger partial charge in [0.1, 0.15) is 6.10 Å². The number of hydrogen-bond acceptors (Lipinski definition) is 4. The molecule has 5 aliphatic rings. The van der Waals surface area contributed by atoms with Crippen LogP contribution in [0.3, 0.4) is 0 Å². The predicted molar refractivity (Wildman–Crippen MR) is 129 cm³/mol. The van der Waals surface area contributed by atoms with Crippen LogP contribution in [0.15, 0.2) is 11.6 Å². The van der Waals surface area contributed by atoms with Crippen molar-refractivity contribution < 1.29 is 18.7 Å². The second kappa shape index (κ2) is 8.23. The van der Waals surface area contributed by atoms with E-state index in [9.17, 15) is 4.79 Å². The van der Waals surface area contributed by atoms with Crippen LogP contribution in [-0.4, -0.2) is 39.7 Å². The highest BCUT2D eigenvalue weighted by atomic mass is 28.4. The summed E-state index contributed by atoms with van der Waals surface area (Å²) >= 11 is 0. The van der Waals surface area contributed by atoms with E-state index in [1.54, 1.807) is 12.5 Å². The third-order valence-corrected chi connectivity index (χ3v) is 15.5. The zero-order chi connectivity index (χ0) is 22.7. The highest BCUT2D eigenvalue weighted by Crippen LogP contribution is 2.76. The fourth-order valence-corrected chi connectivity index (χ4v) is 12.4. The molecule has 0 saturated heterocycles. The first-order chi connectivity index (χ1) is 15.4. The molecule has 5 rings (SSSR count). The molecule has 32 heavy (non-hydrogen) atoms. The zero-order valence-corrected chi connectivity index (χ0v) is 22.0. The maximum absolute atomic E-state index is 12.6. The van der Waals surface area contributed by atoms with Crippen LogP contribution in [0, 0.1) is 28.6 Å². The van der Waals surface area contributed by atoms with Gasteiger partial charge in [0.2, 0.25) is 0 Å². The Balaban J connectivity index is 1.67. The quantitative estimate of drug-likeness (QED) is 0.255. The lowest BCUT2D eigenvalue weighted by Gasteiger charge is -2.54. The first-order valence-corrected chi connectivity index (χ1v) is 16.0. The lowest BCUT2D eigenvalue weighted by molar-refractivity contribution is -0.190. The van der Waals surface area contributed by atoms with E-state index in [0.717, 1.165) is 19.3 Å². The monoisotopic (exact) mass is 460 g/mol. The van der Waals surface area contributed by atoms with Crippen molar-refractivity contribution in [2.45, 2.75) is 116 Å². The Morgan fingerprint density at radius 2 is 1.81 bits per heavy atom. The van der Waals surface area contributed by atoms with Crippen LogP contribution in [0.4, 0.5) is 0 Å². The molecule has 5 heteroatoms. The molecule has 4 saturated carbocycles. The standard InChI is InChI=1S/C27H44O4Si/c1-6-32(7-2,8-3)31-24-20-12-9-11-19(20)17-22-21-14-16-27(22,24)25(30-18(4)28)26(21)15-10-13-23(26)29-5/h17,20-25H,6-16H2,1-5H3/t20-,21+,22-,23-,24-,25+,26-,27-/m0/s1. The van der Waals surface area contributed by atoms with Crippen LogP contribution in [0.25, 0.3) is 0 Å². The maximum atomic E-state index is 12.6. The Bertz CT molecular complexity index is 767. The zero-order valence-electron chi connectivity index (χ0n) is 21.0. The van der Waals surface area contributed by atoms with E-state index in [1.807, 2.05) is 7.11 Å². The van der Waals surface area contributed by atoms with Crippen molar-refractivity contribution in [3.05, 3.63) is 11.6 Å². The Labute approximate surface area is 196 Å². The van der Waals surface area contributed by atoms with Crippen molar-refractivity contribution in [3.8, 4) is 0 Å². The number of hydrogen-bond donors (Lipinski definition) is 0. The molecule has 4 nitrogen and oxygen atoms in total. The Morgan fingerprint density at radius 3 is 2.47 bits per heavy atom. The minimum atomic E-state index is -1.81. The van der Waals surface area contributed by atoms with Gasteiger partial charge in [-0.05, 0) is 74.9 Å². The van der Waals surface area contributed by atoms with Gasteiger partial charge in [-0.3, -0.25) is 4.79 Å². The van der Waals surface area contributed by atoms with Gasteiger partial charge in [0, 0.05) is 30.8 Å². The Morgan fingerprint density at radius 1 is 1.06 bits per heavy atom. The fraction of sp³-hybridized carbons (Fsp3) is 0.889. The third kappa shape index (κ3) is 2.89. The summed E-state index contributed by atoms with van der Waals surface area (Å²) in [5, 5.41) is 0. The number of ether oxygens (including phenoxy) is 2. The van der Waals surface area contributed by atoms with Crippen molar-refractivity contribution >= 4 is 14.3 Å². The second-order valence-corrected chi connectivity index (χ2v) is 16.2. The van der Waals surface area contributed by atoms with Crippen molar-refractivity contribution in [2.75, 3.05) is 7.11 Å². The van der Waals surface area contributed by atoms with Gasteiger partial charge in [-0.2, -0.15) is 0 Å². The van der Waals surface area contributed by atoms with E-state index < -0.39 is 8.32 Å². The molecule has 8 atom stereocenters. The minimum Gasteiger partial charge on any atom is -0.461 e. The van der Waals surface area contributed by atoms with Gasteiger partial charge >= 0.3 is 5.97 Å². The molecule has 0 aromatic carbocycles. The van der Waals surface area contributed by atoms with Gasteiger partial charge in [0.25, 0.3) is 0 Å². The average molecular weight is 461 g/mol. The second-order valence-electron chi connectivity index (χ2n) is 11.5. The van der Waals surface area contributed by atoms with Gasteiger partial charge in [-0.25, -0.2) is 0 Å². The summed E-state index contributed by atoms with van der Waals surface area (Å²) < 4.78 is 20.1. The van der Waals surface area contributed by atoms with E-state index in [4.69, 9.17) is 13.9 Å². The van der Waals surface area contributed by atoms with E-state index in [-0.39, 0.29) is 35.1 Å². The van der Waals surface area contributed by atoms with E-state index in [0.29, 0.717) is 17.8 Å². The SMILES string of the molecule is CC[Si](CC)(CC)O[C@H]1[C@H]2CCCC2=C[C@H]2[C@H]3CC[C@]21[C@H](OC(C)=O)[C@@]31CCC[C@@H]1OC. The molecule has 2 bridgehead atoms. The van der Waals surface area contributed by atoms with Crippen molar-refractivity contribution in [2.24, 2.45) is 28.6 Å². The van der Waals surface area contributed by atoms with Crippen LogP contribution in [0.1, 0.15) is 79.1 Å². The highest BCUT2D eigenvalue weighted by Gasteiger charge is 2.78. The van der Waals surface area contributed by atoms with Crippen LogP contribution in [0.2, 0.25) is 18.1 Å². The van der Waals surface area contributed by atoms with Gasteiger partial charge in [-0.15, -0.1) is 0 Å². The molecule has 5 aliphatic carbocycles. The average Bonchev–Trinajstić information content (AvgIpc) is 3.55. The first kappa shape index (κ1) is 23.1. The van der Waals surface area contributed by atoms with Crippen LogP contribution < -0.4 is 0 Å². The molecule has 0 amide bonds. The normalized spacial score (nSPS) is 44.6. The highest BCUT2D eigenvalue weighted by molar-refractivity contribution is 6.73. The summed E-state index contributed by atoms with van der Waals surface area (Å²) in [5.74, 6) is 1.44. The minimum absolute atomic E-state index is 0.0322. The molecular formula is C27H44O4Si. The Kier molecular flexibility index (Phi) is 5.94. The number of carbonyl (C=O) groups is 1. The number of fused-ring (bicyclic) bond motifs is 2. The number of allylic oxidation sites excluding steroid dienone is 1. The summed E-state index contributed by atoms with van der Waals surface area (Å²) in [6.45, 7) is 8.65. The molecule has 0 heterocycles. The Hall–Kier alpha value is -0.653. The predicted octanol–water partition coefficient (Wildman–Crippen LogP) is 6.26. The summed E-state index contributed by atoms with van der Waals surface area (Å²) in [6, 6.07) is 3.53. The molecule has 0 N–H and O–H groups in total. The summed E-state index contributed by atoms with van der Waals surface area (Å²) in [7, 11) is 0.0610. The molecule has 0 aromatic heterocycles. The molecule has 0 radical (unpaired) electrons.